The van der Waals surface area contributed by atoms with Crippen molar-refractivity contribution in [2.75, 3.05) is 13.1 Å². The SMILES string of the molecule is CCc1ccc(C(=O)N2CCNC(C)C2C)cc1. The zero-order valence-electron chi connectivity index (χ0n) is 11.4. The highest BCUT2D eigenvalue weighted by atomic mass is 16.2. The summed E-state index contributed by atoms with van der Waals surface area (Å²) in [6, 6.07) is 8.59. The third-order valence-corrected chi connectivity index (χ3v) is 3.90. The molecule has 0 bridgehead atoms. The minimum absolute atomic E-state index is 0.151. The first-order chi connectivity index (χ1) is 8.63. The van der Waals surface area contributed by atoms with Crippen LogP contribution in [0.15, 0.2) is 24.3 Å². The van der Waals surface area contributed by atoms with E-state index in [1.54, 1.807) is 0 Å². The lowest BCUT2D eigenvalue weighted by Gasteiger charge is -2.38. The minimum atomic E-state index is 0.151. The first-order valence-corrected chi connectivity index (χ1v) is 6.76. The van der Waals surface area contributed by atoms with Crippen molar-refractivity contribution < 1.29 is 4.79 Å². The third kappa shape index (κ3) is 2.56. The fraction of sp³-hybridized carbons (Fsp3) is 0.533. The molecule has 98 valence electrons. The number of carbonyl (C=O) groups is 1. The number of rotatable bonds is 2. The van der Waals surface area contributed by atoms with E-state index in [1.807, 2.05) is 29.2 Å². The molecule has 3 nitrogen and oxygen atoms in total. The Kier molecular flexibility index (Phi) is 4.02. The largest absolute Gasteiger partial charge is 0.333 e. The molecule has 3 heteroatoms. The van der Waals surface area contributed by atoms with Gasteiger partial charge in [-0.2, -0.15) is 0 Å². The molecule has 1 aliphatic heterocycles. The lowest BCUT2D eigenvalue weighted by Crippen LogP contribution is -2.57. The van der Waals surface area contributed by atoms with Gasteiger partial charge in [0.1, 0.15) is 0 Å². The fourth-order valence-corrected chi connectivity index (χ4v) is 2.39. The number of nitrogens with zero attached hydrogens (tertiary/aromatic N) is 1. The Morgan fingerprint density at radius 2 is 2.00 bits per heavy atom. The Labute approximate surface area is 109 Å². The molecule has 1 N–H and O–H groups in total. The van der Waals surface area contributed by atoms with Gasteiger partial charge in [-0.1, -0.05) is 19.1 Å². The Balaban J connectivity index is 2.14. The molecule has 0 aliphatic carbocycles. The molecule has 1 saturated heterocycles. The number of aryl methyl sites for hydroxylation is 1. The van der Waals surface area contributed by atoms with E-state index in [1.165, 1.54) is 5.56 Å². The number of carbonyl (C=O) groups excluding carboxylic acids is 1. The molecule has 1 aliphatic rings. The van der Waals surface area contributed by atoms with Gasteiger partial charge in [-0.05, 0) is 38.0 Å². The summed E-state index contributed by atoms with van der Waals surface area (Å²) in [7, 11) is 0. The molecule has 1 aromatic rings. The van der Waals surface area contributed by atoms with Crippen LogP contribution in [-0.2, 0) is 6.42 Å². The lowest BCUT2D eigenvalue weighted by atomic mass is 10.0. The summed E-state index contributed by atoms with van der Waals surface area (Å²) in [5, 5.41) is 3.39. The van der Waals surface area contributed by atoms with Crippen LogP contribution < -0.4 is 5.32 Å². The Morgan fingerprint density at radius 1 is 1.33 bits per heavy atom. The van der Waals surface area contributed by atoms with E-state index in [2.05, 4.69) is 26.1 Å². The zero-order valence-corrected chi connectivity index (χ0v) is 11.4. The summed E-state index contributed by atoms with van der Waals surface area (Å²) in [5.41, 5.74) is 2.07. The van der Waals surface area contributed by atoms with Crippen LogP contribution in [0.1, 0.15) is 36.7 Å². The van der Waals surface area contributed by atoms with Crippen molar-refractivity contribution in [2.45, 2.75) is 39.3 Å². The summed E-state index contributed by atoms with van der Waals surface area (Å²) in [6.45, 7) is 8.03. The van der Waals surface area contributed by atoms with Gasteiger partial charge in [0.2, 0.25) is 0 Å². The molecular formula is C15H22N2O. The molecule has 1 aromatic carbocycles. The second kappa shape index (κ2) is 5.53. The highest BCUT2D eigenvalue weighted by molar-refractivity contribution is 5.94. The monoisotopic (exact) mass is 246 g/mol. The van der Waals surface area contributed by atoms with E-state index in [9.17, 15) is 4.79 Å². The van der Waals surface area contributed by atoms with Crippen molar-refractivity contribution in [3.8, 4) is 0 Å². The normalized spacial score (nSPS) is 24.1. The molecule has 1 fully saturated rings. The Bertz CT molecular complexity index is 413. The predicted octanol–water partition coefficient (Wildman–Crippen LogP) is 2.07. The summed E-state index contributed by atoms with van der Waals surface area (Å²) >= 11 is 0. The van der Waals surface area contributed by atoms with Gasteiger partial charge in [-0.15, -0.1) is 0 Å². The van der Waals surface area contributed by atoms with Gasteiger partial charge in [-0.3, -0.25) is 4.79 Å². The van der Waals surface area contributed by atoms with Gasteiger partial charge in [-0.25, -0.2) is 0 Å². The van der Waals surface area contributed by atoms with Crippen LogP contribution in [0.3, 0.4) is 0 Å². The van der Waals surface area contributed by atoms with Crippen molar-refractivity contribution in [3.63, 3.8) is 0 Å². The van der Waals surface area contributed by atoms with Crippen LogP contribution in [0.2, 0.25) is 0 Å². The summed E-state index contributed by atoms with van der Waals surface area (Å²) in [5.74, 6) is 0.151. The van der Waals surface area contributed by atoms with Gasteiger partial charge < -0.3 is 10.2 Å². The van der Waals surface area contributed by atoms with Crippen LogP contribution in [0, 0.1) is 0 Å². The smallest absolute Gasteiger partial charge is 0.254 e. The van der Waals surface area contributed by atoms with E-state index in [0.717, 1.165) is 25.1 Å². The highest BCUT2D eigenvalue weighted by Gasteiger charge is 2.28. The van der Waals surface area contributed by atoms with Crippen LogP contribution in [0.25, 0.3) is 0 Å². The number of piperazine rings is 1. The number of amides is 1. The van der Waals surface area contributed by atoms with Gasteiger partial charge in [0, 0.05) is 30.7 Å². The average molecular weight is 246 g/mol. The topological polar surface area (TPSA) is 32.3 Å². The minimum Gasteiger partial charge on any atom is -0.333 e. The second-order valence-corrected chi connectivity index (χ2v) is 5.03. The maximum absolute atomic E-state index is 12.5. The fourth-order valence-electron chi connectivity index (χ4n) is 2.39. The molecule has 0 aromatic heterocycles. The van der Waals surface area contributed by atoms with Gasteiger partial charge >= 0.3 is 0 Å². The Morgan fingerprint density at radius 3 is 2.61 bits per heavy atom. The number of nitrogens with one attached hydrogen (secondary N) is 1. The maximum atomic E-state index is 12.5. The van der Waals surface area contributed by atoms with E-state index < -0.39 is 0 Å². The van der Waals surface area contributed by atoms with Gasteiger partial charge in [0.15, 0.2) is 0 Å². The number of hydrogen-bond acceptors (Lipinski definition) is 2. The summed E-state index contributed by atoms with van der Waals surface area (Å²) < 4.78 is 0. The Hall–Kier alpha value is -1.35. The molecule has 1 heterocycles. The van der Waals surface area contributed by atoms with Crippen molar-refractivity contribution in [3.05, 3.63) is 35.4 Å². The average Bonchev–Trinajstić information content (AvgIpc) is 2.41. The number of benzene rings is 1. The predicted molar refractivity (Wildman–Crippen MR) is 73.8 cm³/mol. The van der Waals surface area contributed by atoms with E-state index in [0.29, 0.717) is 6.04 Å². The van der Waals surface area contributed by atoms with Gasteiger partial charge in [0.25, 0.3) is 5.91 Å². The van der Waals surface area contributed by atoms with Crippen LogP contribution >= 0.6 is 0 Å². The molecule has 2 atom stereocenters. The quantitative estimate of drug-likeness (QED) is 0.866. The molecule has 0 radical (unpaired) electrons. The highest BCUT2D eigenvalue weighted by Crippen LogP contribution is 2.14. The van der Waals surface area contributed by atoms with Crippen molar-refractivity contribution >= 4 is 5.91 Å². The molecule has 1 amide bonds. The van der Waals surface area contributed by atoms with Gasteiger partial charge in [0.05, 0.1) is 0 Å². The molecule has 2 unspecified atom stereocenters. The van der Waals surface area contributed by atoms with Crippen molar-refractivity contribution in [1.82, 2.24) is 10.2 Å². The molecular weight excluding hydrogens is 224 g/mol. The molecule has 0 spiro atoms. The lowest BCUT2D eigenvalue weighted by molar-refractivity contribution is 0.0603. The molecule has 0 saturated carbocycles. The summed E-state index contributed by atoms with van der Waals surface area (Å²) in [4.78, 5) is 14.4. The third-order valence-electron chi connectivity index (χ3n) is 3.90. The first-order valence-electron chi connectivity index (χ1n) is 6.76. The molecule has 18 heavy (non-hydrogen) atoms. The van der Waals surface area contributed by atoms with E-state index in [-0.39, 0.29) is 11.9 Å². The van der Waals surface area contributed by atoms with Crippen LogP contribution in [-0.4, -0.2) is 36.0 Å². The second-order valence-electron chi connectivity index (χ2n) is 5.03. The van der Waals surface area contributed by atoms with E-state index in [4.69, 9.17) is 0 Å². The van der Waals surface area contributed by atoms with Crippen LogP contribution in [0.5, 0.6) is 0 Å². The number of hydrogen-bond donors (Lipinski definition) is 1. The summed E-state index contributed by atoms with van der Waals surface area (Å²) in [6.07, 6.45) is 1.01. The molecule has 2 rings (SSSR count). The van der Waals surface area contributed by atoms with Crippen molar-refractivity contribution in [1.29, 1.82) is 0 Å². The first kappa shape index (κ1) is 13.1. The maximum Gasteiger partial charge on any atom is 0.254 e. The van der Waals surface area contributed by atoms with Crippen LogP contribution in [0.4, 0.5) is 0 Å². The standard InChI is InChI=1S/C15H22N2O/c1-4-13-5-7-14(8-6-13)15(18)17-10-9-16-11(2)12(17)3/h5-8,11-12,16H,4,9-10H2,1-3H3. The zero-order chi connectivity index (χ0) is 13.1. The van der Waals surface area contributed by atoms with Crippen molar-refractivity contribution in [2.24, 2.45) is 0 Å². The van der Waals surface area contributed by atoms with E-state index >= 15 is 0 Å².